The lowest BCUT2D eigenvalue weighted by Crippen LogP contribution is -2.46. The van der Waals surface area contributed by atoms with Gasteiger partial charge in [0.15, 0.2) is 0 Å². The maximum atomic E-state index is 11.7. The number of hydrogen-bond donors (Lipinski definition) is 1. The van der Waals surface area contributed by atoms with E-state index in [1.54, 1.807) is 0 Å². The number of rotatable bonds is 3. The van der Waals surface area contributed by atoms with Gasteiger partial charge < -0.3 is 5.32 Å². The summed E-state index contributed by atoms with van der Waals surface area (Å²) >= 11 is 3.32. The molecule has 2 aliphatic rings. The van der Waals surface area contributed by atoms with Crippen LogP contribution in [0.1, 0.15) is 46.5 Å². The summed E-state index contributed by atoms with van der Waals surface area (Å²) in [4.78, 5) is 11.7. The van der Waals surface area contributed by atoms with E-state index in [0.717, 1.165) is 11.2 Å². The van der Waals surface area contributed by atoms with Crippen molar-refractivity contribution in [3.63, 3.8) is 0 Å². The molecule has 1 N–H and O–H groups in total. The van der Waals surface area contributed by atoms with Crippen LogP contribution in [0.25, 0.3) is 0 Å². The largest absolute Gasteiger partial charge is 0.353 e. The maximum Gasteiger partial charge on any atom is 0.221 e. The van der Waals surface area contributed by atoms with E-state index < -0.39 is 0 Å². The topological polar surface area (TPSA) is 29.1 Å². The summed E-state index contributed by atoms with van der Waals surface area (Å²) in [6.45, 7) is 7.11. The molecule has 0 saturated heterocycles. The van der Waals surface area contributed by atoms with Crippen molar-refractivity contribution in [3.8, 4) is 0 Å². The van der Waals surface area contributed by atoms with E-state index in [-0.39, 0.29) is 5.91 Å². The van der Waals surface area contributed by atoms with Crippen molar-refractivity contribution in [2.75, 3.05) is 5.33 Å². The van der Waals surface area contributed by atoms with Gasteiger partial charge in [0.25, 0.3) is 0 Å². The Morgan fingerprint density at radius 3 is 2.56 bits per heavy atom. The summed E-state index contributed by atoms with van der Waals surface area (Å²) in [6.07, 6.45) is 4.38. The van der Waals surface area contributed by atoms with Crippen molar-refractivity contribution < 1.29 is 4.79 Å². The molecule has 2 nitrogen and oxygen atoms in total. The predicted octanol–water partition coefficient (Wildman–Crippen LogP) is 3.10. The third-order valence-electron chi connectivity index (χ3n) is 5.45. The van der Waals surface area contributed by atoms with Crippen LogP contribution in [0.15, 0.2) is 0 Å². The zero-order chi connectivity index (χ0) is 12.0. The first-order valence-corrected chi connectivity index (χ1v) is 7.39. The number of hydrogen-bond acceptors (Lipinski definition) is 1. The highest BCUT2D eigenvalue weighted by atomic mass is 79.9. The minimum Gasteiger partial charge on any atom is -0.353 e. The Kier molecular flexibility index (Phi) is 3.11. The van der Waals surface area contributed by atoms with Gasteiger partial charge in [0.05, 0.1) is 0 Å². The Balaban J connectivity index is 2.07. The van der Waals surface area contributed by atoms with Crippen LogP contribution in [0, 0.1) is 16.7 Å². The van der Waals surface area contributed by atoms with E-state index in [1.165, 1.54) is 19.3 Å². The molecule has 92 valence electrons. The maximum absolute atomic E-state index is 11.7. The molecule has 1 amide bonds. The highest BCUT2D eigenvalue weighted by molar-refractivity contribution is 9.09. The van der Waals surface area contributed by atoms with Crippen LogP contribution >= 0.6 is 15.9 Å². The summed E-state index contributed by atoms with van der Waals surface area (Å²) in [7, 11) is 0. The summed E-state index contributed by atoms with van der Waals surface area (Å²) in [5.41, 5.74) is 0.693. The Morgan fingerprint density at radius 1 is 1.44 bits per heavy atom. The van der Waals surface area contributed by atoms with Crippen molar-refractivity contribution >= 4 is 21.8 Å². The highest BCUT2D eigenvalue weighted by Gasteiger charge is 2.61. The number of carbonyl (C=O) groups excluding carboxylic acids is 1. The van der Waals surface area contributed by atoms with Gasteiger partial charge in [-0.3, -0.25) is 4.79 Å². The van der Waals surface area contributed by atoms with Gasteiger partial charge in [-0.05, 0) is 36.0 Å². The average Bonchev–Trinajstić information content (AvgIpc) is 2.51. The van der Waals surface area contributed by atoms with Gasteiger partial charge in [-0.15, -0.1) is 0 Å². The molecule has 0 radical (unpaired) electrons. The number of nitrogens with one attached hydrogen (secondary N) is 1. The minimum absolute atomic E-state index is 0.200. The fourth-order valence-electron chi connectivity index (χ4n) is 3.77. The van der Waals surface area contributed by atoms with Gasteiger partial charge in [-0.2, -0.15) is 0 Å². The van der Waals surface area contributed by atoms with Gasteiger partial charge in [0.2, 0.25) is 5.91 Å². The van der Waals surface area contributed by atoms with Crippen LogP contribution < -0.4 is 5.32 Å². The van der Waals surface area contributed by atoms with Gasteiger partial charge >= 0.3 is 0 Å². The van der Waals surface area contributed by atoms with Crippen LogP contribution in [-0.4, -0.2) is 17.3 Å². The second-order valence-electron chi connectivity index (χ2n) is 6.17. The molecule has 0 spiro atoms. The van der Waals surface area contributed by atoms with Crippen molar-refractivity contribution in [2.24, 2.45) is 16.7 Å². The normalized spacial score (nSPS) is 40.0. The zero-order valence-corrected chi connectivity index (χ0v) is 12.1. The van der Waals surface area contributed by atoms with E-state index in [0.29, 0.717) is 23.3 Å². The molecule has 0 heterocycles. The minimum atomic E-state index is 0.200. The van der Waals surface area contributed by atoms with Crippen LogP contribution in [0.2, 0.25) is 0 Å². The van der Waals surface area contributed by atoms with E-state index in [4.69, 9.17) is 0 Å². The van der Waals surface area contributed by atoms with Crippen LogP contribution in [0.3, 0.4) is 0 Å². The number of fused-ring (bicyclic) bond motifs is 2. The Morgan fingerprint density at radius 2 is 2.12 bits per heavy atom. The van der Waals surface area contributed by atoms with E-state index in [1.807, 2.05) is 0 Å². The van der Waals surface area contributed by atoms with Gasteiger partial charge in [0.1, 0.15) is 0 Å². The van der Waals surface area contributed by atoms with Crippen LogP contribution in [-0.2, 0) is 4.79 Å². The molecular weight excluding hydrogens is 266 g/mol. The van der Waals surface area contributed by atoms with Crippen molar-refractivity contribution in [1.82, 2.24) is 5.32 Å². The van der Waals surface area contributed by atoms with E-state index in [2.05, 4.69) is 42.0 Å². The smallest absolute Gasteiger partial charge is 0.221 e. The second-order valence-corrected chi connectivity index (χ2v) is 6.96. The van der Waals surface area contributed by atoms with Gasteiger partial charge in [-0.1, -0.05) is 36.7 Å². The third kappa shape index (κ3) is 1.62. The lowest BCUT2D eigenvalue weighted by Gasteiger charge is -2.39. The molecule has 0 aromatic carbocycles. The highest BCUT2D eigenvalue weighted by Crippen LogP contribution is 2.65. The SMILES string of the molecule is CC1(C)C2CCC1(C)C(NC(=O)CCBr)C2. The quantitative estimate of drug-likeness (QED) is 0.794. The summed E-state index contributed by atoms with van der Waals surface area (Å²) < 4.78 is 0. The monoisotopic (exact) mass is 287 g/mol. The van der Waals surface area contributed by atoms with E-state index >= 15 is 0 Å². The van der Waals surface area contributed by atoms with Gasteiger partial charge in [0, 0.05) is 17.8 Å². The molecule has 16 heavy (non-hydrogen) atoms. The molecule has 0 aromatic heterocycles. The number of alkyl halides is 1. The number of carbonyl (C=O) groups is 1. The van der Waals surface area contributed by atoms with Crippen molar-refractivity contribution in [3.05, 3.63) is 0 Å². The van der Waals surface area contributed by atoms with E-state index in [9.17, 15) is 4.79 Å². The molecule has 2 bridgehead atoms. The predicted molar refractivity (Wildman–Crippen MR) is 69.6 cm³/mol. The first-order valence-electron chi connectivity index (χ1n) is 6.27. The molecule has 0 aromatic rings. The van der Waals surface area contributed by atoms with Crippen LogP contribution in [0.4, 0.5) is 0 Å². The third-order valence-corrected chi connectivity index (χ3v) is 5.85. The summed E-state index contributed by atoms with van der Waals surface area (Å²) in [5, 5.41) is 4.00. The molecular formula is C13H22BrNO. The fraction of sp³-hybridized carbons (Fsp3) is 0.923. The number of halogens is 1. The Bertz CT molecular complexity index is 302. The molecule has 2 rings (SSSR count). The summed E-state index contributed by atoms with van der Waals surface area (Å²) in [5.74, 6) is 0.998. The molecule has 3 atom stereocenters. The molecule has 2 saturated carbocycles. The molecule has 0 aliphatic heterocycles. The van der Waals surface area contributed by atoms with Crippen LogP contribution in [0.5, 0.6) is 0 Å². The Hall–Kier alpha value is -0.0500. The number of amides is 1. The fourth-order valence-corrected chi connectivity index (χ4v) is 4.13. The Labute approximate surface area is 107 Å². The second kappa shape index (κ2) is 4.01. The van der Waals surface area contributed by atoms with Gasteiger partial charge in [-0.25, -0.2) is 0 Å². The lowest BCUT2D eigenvalue weighted by atomic mass is 9.69. The first kappa shape index (κ1) is 12.4. The average molecular weight is 288 g/mol. The first-order chi connectivity index (χ1) is 7.41. The zero-order valence-electron chi connectivity index (χ0n) is 10.5. The summed E-state index contributed by atoms with van der Waals surface area (Å²) in [6, 6.07) is 0.396. The van der Waals surface area contributed by atoms with Crippen molar-refractivity contribution in [2.45, 2.75) is 52.5 Å². The molecule has 2 aliphatic carbocycles. The molecule has 2 fully saturated rings. The molecule has 3 heteroatoms. The lowest BCUT2D eigenvalue weighted by molar-refractivity contribution is -0.122. The standard InChI is InChI=1S/C13H22BrNO/c1-12(2)9-4-6-13(12,3)10(8-9)15-11(16)5-7-14/h9-10H,4-8H2,1-3H3,(H,15,16). The van der Waals surface area contributed by atoms with Crippen molar-refractivity contribution in [1.29, 1.82) is 0 Å². The molecule has 3 unspecified atom stereocenters.